The number of nitrogens with zero attached hydrogens (tertiary/aromatic N) is 1. The molecule has 7 nitrogen and oxygen atoms in total. The van der Waals surface area contributed by atoms with Crippen LogP contribution in [0, 0.1) is 0 Å². The van der Waals surface area contributed by atoms with Gasteiger partial charge in [0.1, 0.15) is 18.0 Å². The van der Waals surface area contributed by atoms with Gasteiger partial charge in [-0.15, -0.1) is 0 Å². The molecule has 0 aliphatic carbocycles. The third-order valence-electron chi connectivity index (χ3n) is 4.00. The number of carbonyl (C=O) groups excluding carboxylic acids is 3. The summed E-state index contributed by atoms with van der Waals surface area (Å²) in [7, 11) is 1.20. The lowest BCUT2D eigenvalue weighted by Crippen LogP contribution is -2.36. The Morgan fingerprint density at radius 1 is 1.19 bits per heavy atom. The van der Waals surface area contributed by atoms with Gasteiger partial charge >= 0.3 is 12.0 Å². The summed E-state index contributed by atoms with van der Waals surface area (Å²) in [6.07, 6.45) is 1.57. The van der Waals surface area contributed by atoms with Crippen LogP contribution in [0.2, 0.25) is 0 Å². The number of urea groups is 1. The van der Waals surface area contributed by atoms with Crippen LogP contribution in [0.1, 0.15) is 12.5 Å². The Labute approximate surface area is 150 Å². The lowest BCUT2D eigenvalue weighted by Gasteiger charge is -2.11. The zero-order chi connectivity index (χ0) is 18.7. The zero-order valence-corrected chi connectivity index (χ0v) is 14.4. The van der Waals surface area contributed by atoms with Crippen LogP contribution >= 0.6 is 0 Å². The first kappa shape index (κ1) is 17.5. The second-order valence-electron chi connectivity index (χ2n) is 5.59. The van der Waals surface area contributed by atoms with Crippen LogP contribution in [0.3, 0.4) is 0 Å². The van der Waals surface area contributed by atoms with E-state index in [0.29, 0.717) is 17.9 Å². The Morgan fingerprint density at radius 3 is 2.69 bits per heavy atom. The third kappa shape index (κ3) is 3.23. The molecule has 1 heterocycles. The van der Waals surface area contributed by atoms with Gasteiger partial charge in [0.15, 0.2) is 0 Å². The van der Waals surface area contributed by atoms with Crippen molar-refractivity contribution >= 4 is 34.8 Å². The van der Waals surface area contributed by atoms with Gasteiger partial charge in [-0.3, -0.25) is 9.59 Å². The molecule has 3 amide bonds. The first-order valence-electron chi connectivity index (χ1n) is 8.11. The molecule has 26 heavy (non-hydrogen) atoms. The maximum atomic E-state index is 12.5. The van der Waals surface area contributed by atoms with Gasteiger partial charge in [-0.1, -0.05) is 30.3 Å². The predicted molar refractivity (Wildman–Crippen MR) is 95.4 cm³/mol. The van der Waals surface area contributed by atoms with E-state index < -0.39 is 24.5 Å². The molecular weight excluding hydrogens is 336 g/mol. The molecule has 0 unspecified atom stereocenters. The Bertz CT molecular complexity index is 919. The van der Waals surface area contributed by atoms with Crippen molar-refractivity contribution in [1.82, 2.24) is 10.2 Å². The quantitative estimate of drug-likeness (QED) is 0.506. The number of methoxy groups -OCH3 is 1. The van der Waals surface area contributed by atoms with Crippen molar-refractivity contribution in [3.63, 3.8) is 0 Å². The highest BCUT2D eigenvalue weighted by atomic mass is 16.5. The average Bonchev–Trinajstić information content (AvgIpc) is 2.91. The Kier molecular flexibility index (Phi) is 4.88. The summed E-state index contributed by atoms with van der Waals surface area (Å²) in [6, 6.07) is 10.8. The summed E-state index contributed by atoms with van der Waals surface area (Å²) in [5.41, 5.74) is 0.768. The lowest BCUT2D eigenvalue weighted by atomic mass is 10.0. The van der Waals surface area contributed by atoms with E-state index in [-0.39, 0.29) is 5.70 Å². The molecule has 2 aromatic rings. The first-order valence-corrected chi connectivity index (χ1v) is 8.11. The Hall–Kier alpha value is -3.35. The molecule has 3 rings (SSSR count). The summed E-state index contributed by atoms with van der Waals surface area (Å²) < 4.78 is 10.2. The van der Waals surface area contributed by atoms with Crippen molar-refractivity contribution in [2.45, 2.75) is 6.92 Å². The highest BCUT2D eigenvalue weighted by Gasteiger charge is 2.35. The second-order valence-corrected chi connectivity index (χ2v) is 5.59. The summed E-state index contributed by atoms with van der Waals surface area (Å²) in [6.45, 7) is 1.89. The van der Waals surface area contributed by atoms with Crippen LogP contribution in [0.25, 0.3) is 16.8 Å². The van der Waals surface area contributed by atoms with Gasteiger partial charge in [-0.05, 0) is 29.8 Å². The van der Waals surface area contributed by atoms with E-state index in [2.05, 4.69) is 10.1 Å². The van der Waals surface area contributed by atoms with Crippen LogP contribution < -0.4 is 10.1 Å². The number of esters is 1. The normalized spacial score (nSPS) is 15.5. The molecule has 1 aliphatic heterocycles. The monoisotopic (exact) mass is 354 g/mol. The molecule has 1 saturated heterocycles. The number of nitrogens with one attached hydrogen (secondary N) is 1. The van der Waals surface area contributed by atoms with Crippen LogP contribution in [-0.2, 0) is 14.3 Å². The molecule has 0 saturated carbocycles. The van der Waals surface area contributed by atoms with E-state index in [4.69, 9.17) is 4.74 Å². The molecular formula is C19H18N2O5. The molecule has 1 aliphatic rings. The molecule has 1 N–H and O–H groups in total. The smallest absolute Gasteiger partial charge is 0.329 e. The molecule has 0 atom stereocenters. The molecule has 0 radical (unpaired) electrons. The van der Waals surface area contributed by atoms with Crippen molar-refractivity contribution in [2.24, 2.45) is 0 Å². The number of carbonyl (C=O) groups is 3. The van der Waals surface area contributed by atoms with Crippen LogP contribution in [0.15, 0.2) is 42.1 Å². The largest absolute Gasteiger partial charge is 0.493 e. The zero-order valence-electron chi connectivity index (χ0n) is 14.4. The van der Waals surface area contributed by atoms with Crippen LogP contribution in [0.5, 0.6) is 5.75 Å². The number of hydrogen-bond donors (Lipinski definition) is 1. The van der Waals surface area contributed by atoms with Crippen molar-refractivity contribution in [2.75, 3.05) is 20.3 Å². The molecule has 2 aromatic carbocycles. The number of rotatable bonds is 5. The average molecular weight is 354 g/mol. The minimum absolute atomic E-state index is 0.0798. The predicted octanol–water partition coefficient (Wildman–Crippen LogP) is 2.30. The summed E-state index contributed by atoms with van der Waals surface area (Å²) >= 11 is 0. The van der Waals surface area contributed by atoms with Crippen molar-refractivity contribution in [3.8, 4) is 5.75 Å². The number of imide groups is 1. The fourth-order valence-electron chi connectivity index (χ4n) is 2.76. The topological polar surface area (TPSA) is 84.9 Å². The van der Waals surface area contributed by atoms with Crippen molar-refractivity contribution in [3.05, 3.63) is 47.7 Å². The van der Waals surface area contributed by atoms with Gasteiger partial charge in [0, 0.05) is 5.56 Å². The third-order valence-corrected chi connectivity index (χ3v) is 4.00. The highest BCUT2D eigenvalue weighted by Crippen LogP contribution is 2.31. The maximum absolute atomic E-state index is 12.5. The first-order chi connectivity index (χ1) is 12.5. The van der Waals surface area contributed by atoms with Crippen LogP contribution in [0.4, 0.5) is 4.79 Å². The maximum Gasteiger partial charge on any atom is 0.329 e. The fraction of sp³-hybridized carbons (Fsp3) is 0.211. The van der Waals surface area contributed by atoms with Gasteiger partial charge < -0.3 is 14.8 Å². The number of fused-ring (bicyclic) bond motifs is 1. The molecule has 0 aromatic heterocycles. The van der Waals surface area contributed by atoms with Gasteiger partial charge in [0.05, 0.1) is 13.7 Å². The van der Waals surface area contributed by atoms with E-state index in [1.807, 2.05) is 43.3 Å². The van der Waals surface area contributed by atoms with E-state index >= 15 is 0 Å². The van der Waals surface area contributed by atoms with E-state index in [9.17, 15) is 14.4 Å². The number of benzene rings is 2. The van der Waals surface area contributed by atoms with E-state index in [1.165, 1.54) is 7.11 Å². The van der Waals surface area contributed by atoms with Crippen molar-refractivity contribution in [1.29, 1.82) is 0 Å². The van der Waals surface area contributed by atoms with E-state index in [1.54, 1.807) is 6.08 Å². The minimum Gasteiger partial charge on any atom is -0.493 e. The Morgan fingerprint density at radius 2 is 1.96 bits per heavy atom. The van der Waals surface area contributed by atoms with Crippen LogP contribution in [-0.4, -0.2) is 43.1 Å². The molecule has 1 fully saturated rings. The molecule has 0 spiro atoms. The van der Waals surface area contributed by atoms with Crippen molar-refractivity contribution < 1.29 is 23.9 Å². The van der Waals surface area contributed by atoms with Gasteiger partial charge in [-0.2, -0.15) is 0 Å². The van der Waals surface area contributed by atoms with Gasteiger partial charge in [0.2, 0.25) is 0 Å². The summed E-state index contributed by atoms with van der Waals surface area (Å²) in [5.74, 6) is -0.655. The number of hydrogen-bond acceptors (Lipinski definition) is 5. The molecule has 7 heteroatoms. The number of amides is 3. The summed E-state index contributed by atoms with van der Waals surface area (Å²) in [5, 5.41) is 4.37. The fourth-order valence-corrected chi connectivity index (χ4v) is 2.76. The van der Waals surface area contributed by atoms with E-state index in [0.717, 1.165) is 15.7 Å². The second kappa shape index (κ2) is 7.26. The highest BCUT2D eigenvalue weighted by molar-refractivity contribution is 6.16. The molecule has 0 bridgehead atoms. The summed E-state index contributed by atoms with van der Waals surface area (Å²) in [4.78, 5) is 36.7. The standard InChI is InChI=1S/C19H18N2O5/c1-3-26-16-9-8-12-6-4-5-7-13(12)14(16)10-15-18(23)21(19(24)20-15)11-17(22)25-2/h4-10H,3,11H2,1-2H3,(H,20,24). The minimum atomic E-state index is -0.671. The molecule has 134 valence electrons. The van der Waals surface area contributed by atoms with Gasteiger partial charge in [0.25, 0.3) is 5.91 Å². The number of ether oxygens (including phenoxy) is 2. The SMILES string of the molecule is CCOc1ccc2ccccc2c1C=C1NC(=O)N(CC(=O)OC)C1=O. The van der Waals surface area contributed by atoms with Gasteiger partial charge in [-0.25, -0.2) is 9.69 Å². The Balaban J connectivity index is 2.04. The lowest BCUT2D eigenvalue weighted by molar-refractivity contribution is -0.143.